The van der Waals surface area contributed by atoms with E-state index in [4.69, 9.17) is 0 Å². The molecule has 1 saturated carbocycles. The third kappa shape index (κ3) is 5.07. The van der Waals surface area contributed by atoms with Crippen molar-refractivity contribution in [3.8, 4) is 0 Å². The summed E-state index contributed by atoms with van der Waals surface area (Å²) in [7, 11) is 6.36. The molecule has 0 bridgehead atoms. The highest BCUT2D eigenvalue weighted by Crippen LogP contribution is 2.31. The molecule has 0 aromatic carbocycles. The van der Waals surface area contributed by atoms with Gasteiger partial charge >= 0.3 is 0 Å². The number of nitrogens with zero attached hydrogens (tertiary/aromatic N) is 2. The van der Waals surface area contributed by atoms with Crippen molar-refractivity contribution < 1.29 is 4.79 Å². The van der Waals surface area contributed by atoms with E-state index in [9.17, 15) is 4.79 Å². The highest BCUT2D eigenvalue weighted by atomic mass is 16.1. The Kier molecular flexibility index (Phi) is 6.30. The van der Waals surface area contributed by atoms with Crippen molar-refractivity contribution in [2.45, 2.75) is 33.1 Å². The first-order valence-electron chi connectivity index (χ1n) is 7.26. The van der Waals surface area contributed by atoms with Crippen LogP contribution in [0.2, 0.25) is 0 Å². The van der Waals surface area contributed by atoms with Gasteiger partial charge in [0.05, 0.1) is 0 Å². The normalized spacial score (nSPS) is 29.3. The molecule has 3 atom stereocenters. The van der Waals surface area contributed by atoms with E-state index >= 15 is 0 Å². The van der Waals surface area contributed by atoms with Crippen LogP contribution in [0, 0.1) is 17.8 Å². The molecule has 0 saturated heterocycles. The van der Waals surface area contributed by atoms with Crippen LogP contribution in [0.25, 0.3) is 0 Å². The number of Topliss-reactive ketones (excluding diaryl/α,β-unsaturated/α-hetero) is 1. The first-order chi connectivity index (χ1) is 8.40. The number of carbonyl (C=O) groups excluding carboxylic acids is 1. The fourth-order valence-electron chi connectivity index (χ4n) is 3.06. The van der Waals surface area contributed by atoms with Crippen LogP contribution in [-0.2, 0) is 4.79 Å². The summed E-state index contributed by atoms with van der Waals surface area (Å²) in [5.41, 5.74) is 0. The van der Waals surface area contributed by atoms with Crippen molar-refractivity contribution in [2.75, 3.05) is 40.8 Å². The number of carbonyl (C=O) groups is 1. The lowest BCUT2D eigenvalue weighted by Gasteiger charge is -2.34. The van der Waals surface area contributed by atoms with E-state index in [0.717, 1.165) is 26.1 Å². The molecular formula is C15H30N2O. The van der Waals surface area contributed by atoms with Crippen LogP contribution in [0.15, 0.2) is 0 Å². The Hall–Kier alpha value is -0.410. The summed E-state index contributed by atoms with van der Waals surface area (Å²) < 4.78 is 0. The summed E-state index contributed by atoms with van der Waals surface area (Å²) in [6, 6.07) is 0. The smallest absolute Gasteiger partial charge is 0.137 e. The predicted molar refractivity (Wildman–Crippen MR) is 76.7 cm³/mol. The minimum absolute atomic E-state index is 0.269. The Bertz CT molecular complexity index is 265. The van der Waals surface area contributed by atoms with E-state index in [1.54, 1.807) is 0 Å². The molecule has 0 radical (unpaired) electrons. The molecule has 106 valence electrons. The van der Waals surface area contributed by atoms with Gasteiger partial charge in [-0.3, -0.25) is 4.79 Å². The molecule has 3 unspecified atom stereocenters. The summed E-state index contributed by atoms with van der Waals surface area (Å²) in [4.78, 5) is 16.6. The Morgan fingerprint density at radius 2 is 1.83 bits per heavy atom. The standard InChI is InChI=1S/C15H30N2O/c1-12-9-13(2)14(15(18)10-12)11-17(5)8-6-7-16(3)4/h12-14H,6-11H2,1-5H3. The summed E-state index contributed by atoms with van der Waals surface area (Å²) in [5, 5.41) is 0. The summed E-state index contributed by atoms with van der Waals surface area (Å²) >= 11 is 0. The quantitative estimate of drug-likeness (QED) is 0.725. The lowest BCUT2D eigenvalue weighted by molar-refractivity contribution is -0.128. The SMILES string of the molecule is CC1CC(=O)C(CN(C)CCCN(C)C)C(C)C1. The van der Waals surface area contributed by atoms with Gasteiger partial charge in [-0.05, 0) is 58.9 Å². The van der Waals surface area contributed by atoms with Gasteiger partial charge < -0.3 is 9.80 Å². The van der Waals surface area contributed by atoms with Crippen LogP contribution < -0.4 is 0 Å². The highest BCUT2D eigenvalue weighted by Gasteiger charge is 2.32. The molecule has 3 heteroatoms. The average molecular weight is 254 g/mol. The predicted octanol–water partition coefficient (Wildman–Crippen LogP) is 2.12. The lowest BCUT2D eigenvalue weighted by Crippen LogP contribution is -2.39. The van der Waals surface area contributed by atoms with Gasteiger partial charge in [0.2, 0.25) is 0 Å². The monoisotopic (exact) mass is 254 g/mol. The van der Waals surface area contributed by atoms with Crippen LogP contribution in [0.3, 0.4) is 0 Å². The van der Waals surface area contributed by atoms with E-state index in [1.165, 1.54) is 12.8 Å². The van der Waals surface area contributed by atoms with Crippen molar-refractivity contribution in [2.24, 2.45) is 17.8 Å². The lowest BCUT2D eigenvalue weighted by atomic mass is 9.74. The number of ketones is 1. The van der Waals surface area contributed by atoms with Crippen molar-refractivity contribution in [1.29, 1.82) is 0 Å². The largest absolute Gasteiger partial charge is 0.309 e. The molecule has 0 amide bonds. The van der Waals surface area contributed by atoms with Crippen LogP contribution in [0.1, 0.15) is 33.1 Å². The van der Waals surface area contributed by atoms with E-state index in [2.05, 4.69) is 44.8 Å². The molecule has 0 aromatic heterocycles. The zero-order chi connectivity index (χ0) is 13.7. The molecule has 0 spiro atoms. The molecule has 0 aliphatic heterocycles. The minimum atomic E-state index is 0.269. The van der Waals surface area contributed by atoms with E-state index in [-0.39, 0.29) is 5.92 Å². The first kappa shape index (κ1) is 15.6. The Labute approximate surface area is 113 Å². The van der Waals surface area contributed by atoms with Gasteiger partial charge in [-0.1, -0.05) is 13.8 Å². The Balaban J connectivity index is 2.34. The van der Waals surface area contributed by atoms with Crippen LogP contribution in [0.5, 0.6) is 0 Å². The molecule has 0 heterocycles. The molecule has 1 aliphatic carbocycles. The fraction of sp³-hybridized carbons (Fsp3) is 0.933. The van der Waals surface area contributed by atoms with Crippen LogP contribution in [0.4, 0.5) is 0 Å². The molecule has 18 heavy (non-hydrogen) atoms. The van der Waals surface area contributed by atoms with E-state index in [1.807, 2.05) is 0 Å². The zero-order valence-corrected chi connectivity index (χ0v) is 12.8. The second-order valence-corrected chi connectivity index (χ2v) is 6.51. The van der Waals surface area contributed by atoms with Crippen molar-refractivity contribution in [1.82, 2.24) is 9.80 Å². The van der Waals surface area contributed by atoms with Gasteiger partial charge in [-0.2, -0.15) is 0 Å². The van der Waals surface area contributed by atoms with Crippen molar-refractivity contribution >= 4 is 5.78 Å². The second kappa shape index (κ2) is 7.25. The molecule has 0 N–H and O–H groups in total. The van der Waals surface area contributed by atoms with Crippen molar-refractivity contribution in [3.63, 3.8) is 0 Å². The number of hydrogen-bond acceptors (Lipinski definition) is 3. The molecular weight excluding hydrogens is 224 g/mol. The Morgan fingerprint density at radius 1 is 1.17 bits per heavy atom. The average Bonchev–Trinajstić information content (AvgIpc) is 2.22. The van der Waals surface area contributed by atoms with E-state index in [0.29, 0.717) is 17.6 Å². The molecule has 1 rings (SSSR count). The fourth-order valence-corrected chi connectivity index (χ4v) is 3.06. The topological polar surface area (TPSA) is 23.6 Å². The summed E-state index contributed by atoms with van der Waals surface area (Å²) in [6.07, 6.45) is 3.18. The molecule has 0 aromatic rings. The van der Waals surface area contributed by atoms with Crippen LogP contribution >= 0.6 is 0 Å². The third-order valence-corrected chi connectivity index (χ3v) is 4.08. The number of hydrogen-bond donors (Lipinski definition) is 0. The first-order valence-corrected chi connectivity index (χ1v) is 7.26. The van der Waals surface area contributed by atoms with Crippen molar-refractivity contribution in [3.05, 3.63) is 0 Å². The van der Waals surface area contributed by atoms with Gasteiger partial charge in [0.15, 0.2) is 0 Å². The minimum Gasteiger partial charge on any atom is -0.309 e. The highest BCUT2D eigenvalue weighted by molar-refractivity contribution is 5.82. The van der Waals surface area contributed by atoms with Gasteiger partial charge in [0.1, 0.15) is 5.78 Å². The summed E-state index contributed by atoms with van der Waals surface area (Å²) in [5.74, 6) is 1.90. The molecule has 3 nitrogen and oxygen atoms in total. The Morgan fingerprint density at radius 3 is 2.39 bits per heavy atom. The second-order valence-electron chi connectivity index (χ2n) is 6.51. The van der Waals surface area contributed by atoms with Gasteiger partial charge in [-0.25, -0.2) is 0 Å². The zero-order valence-electron chi connectivity index (χ0n) is 12.8. The maximum Gasteiger partial charge on any atom is 0.137 e. The van der Waals surface area contributed by atoms with Gasteiger partial charge in [-0.15, -0.1) is 0 Å². The summed E-state index contributed by atoms with van der Waals surface area (Å²) in [6.45, 7) is 7.59. The number of rotatable bonds is 6. The maximum absolute atomic E-state index is 12.1. The van der Waals surface area contributed by atoms with Gasteiger partial charge in [0.25, 0.3) is 0 Å². The van der Waals surface area contributed by atoms with Gasteiger partial charge in [0, 0.05) is 18.9 Å². The maximum atomic E-state index is 12.1. The van der Waals surface area contributed by atoms with Crippen LogP contribution in [-0.4, -0.2) is 56.4 Å². The third-order valence-electron chi connectivity index (χ3n) is 4.08. The van der Waals surface area contributed by atoms with E-state index < -0.39 is 0 Å². The molecule has 1 aliphatic rings. The molecule has 1 fully saturated rings.